The normalized spacial score (nSPS) is 15.5. The summed E-state index contributed by atoms with van der Waals surface area (Å²) < 4.78 is 39.9. The summed E-state index contributed by atoms with van der Waals surface area (Å²) in [6.45, 7) is 3.98. The Morgan fingerprint density at radius 1 is 1.10 bits per heavy atom. The summed E-state index contributed by atoms with van der Waals surface area (Å²) in [4.78, 5) is 16.3. The maximum Gasteiger partial charge on any atom is 0.416 e. The number of hydrogen-bond donors (Lipinski definition) is 2. The Labute approximate surface area is 166 Å². The quantitative estimate of drug-likeness (QED) is 0.719. The Bertz CT molecular complexity index is 863. The average Bonchev–Trinajstić information content (AvgIpc) is 2.71. The van der Waals surface area contributed by atoms with E-state index in [-0.39, 0.29) is 18.7 Å². The monoisotopic (exact) mass is 411 g/mol. The summed E-state index contributed by atoms with van der Waals surface area (Å²) >= 11 is 0. The van der Waals surface area contributed by atoms with Gasteiger partial charge in [0.25, 0.3) is 5.56 Å². The first-order chi connectivity index (χ1) is 13.9. The average molecular weight is 411 g/mol. The fourth-order valence-corrected chi connectivity index (χ4v) is 3.30. The number of benzene rings is 1. The maximum absolute atomic E-state index is 12.9. The number of rotatable bonds is 7. The lowest BCUT2D eigenvalue weighted by Gasteiger charge is -2.36. The van der Waals surface area contributed by atoms with Gasteiger partial charge in [-0.1, -0.05) is 6.07 Å². The van der Waals surface area contributed by atoms with Crippen LogP contribution in [0, 0.1) is 0 Å². The van der Waals surface area contributed by atoms with Gasteiger partial charge in [-0.3, -0.25) is 9.69 Å². The fraction of sp³-hybridized carbons (Fsp3) is 0.474. The number of aliphatic hydroxyl groups excluding tert-OH is 1. The van der Waals surface area contributed by atoms with Gasteiger partial charge in [-0.2, -0.15) is 18.3 Å². The molecule has 1 fully saturated rings. The number of alkyl halides is 3. The standard InChI is InChI=1S/C19H24F3N5O2/c20-19(21,22)15-2-1-3-16(14-15)26-10-8-25(9-11-26)7-6-23-17-4-5-24-27(12-13-28)18(17)29/h1-5,14,23,28H,6-13H2. The molecule has 0 bridgehead atoms. The lowest BCUT2D eigenvalue weighted by atomic mass is 10.1. The zero-order valence-corrected chi connectivity index (χ0v) is 15.9. The summed E-state index contributed by atoms with van der Waals surface area (Å²) in [5.41, 5.74) is 0.0941. The zero-order valence-electron chi connectivity index (χ0n) is 15.9. The molecule has 2 aromatic rings. The largest absolute Gasteiger partial charge is 0.416 e. The summed E-state index contributed by atoms with van der Waals surface area (Å²) in [7, 11) is 0. The van der Waals surface area contributed by atoms with E-state index in [2.05, 4.69) is 15.3 Å². The summed E-state index contributed by atoms with van der Waals surface area (Å²) in [5.74, 6) is 0. The minimum absolute atomic E-state index is 0.145. The van der Waals surface area contributed by atoms with Gasteiger partial charge in [-0.05, 0) is 24.3 Å². The second kappa shape index (κ2) is 9.27. The molecule has 29 heavy (non-hydrogen) atoms. The Balaban J connectivity index is 1.49. The number of anilines is 2. The molecule has 158 valence electrons. The van der Waals surface area contributed by atoms with E-state index in [4.69, 9.17) is 5.11 Å². The van der Waals surface area contributed by atoms with E-state index in [1.54, 1.807) is 12.1 Å². The fourth-order valence-electron chi connectivity index (χ4n) is 3.30. The van der Waals surface area contributed by atoms with Crippen molar-refractivity contribution in [1.82, 2.24) is 14.7 Å². The van der Waals surface area contributed by atoms with E-state index < -0.39 is 11.7 Å². The van der Waals surface area contributed by atoms with Crippen molar-refractivity contribution in [3.05, 3.63) is 52.4 Å². The van der Waals surface area contributed by atoms with Crippen LogP contribution in [0.4, 0.5) is 24.5 Å². The van der Waals surface area contributed by atoms with Crippen LogP contribution >= 0.6 is 0 Å². The van der Waals surface area contributed by atoms with Crippen LogP contribution in [0.3, 0.4) is 0 Å². The highest BCUT2D eigenvalue weighted by atomic mass is 19.4. The molecule has 0 aliphatic carbocycles. The molecule has 1 aromatic heterocycles. The van der Waals surface area contributed by atoms with E-state index in [9.17, 15) is 18.0 Å². The molecular weight excluding hydrogens is 387 g/mol. The number of piperazine rings is 1. The third-order valence-corrected chi connectivity index (χ3v) is 4.88. The molecule has 0 unspecified atom stereocenters. The van der Waals surface area contributed by atoms with Crippen molar-refractivity contribution in [2.45, 2.75) is 12.7 Å². The van der Waals surface area contributed by atoms with Crippen molar-refractivity contribution >= 4 is 11.4 Å². The Morgan fingerprint density at radius 2 is 1.86 bits per heavy atom. The van der Waals surface area contributed by atoms with Crippen LogP contribution in [-0.2, 0) is 12.7 Å². The SMILES string of the molecule is O=c1c(NCCN2CCN(c3cccc(C(F)(F)F)c3)CC2)ccnn1CCO. The van der Waals surface area contributed by atoms with Crippen molar-refractivity contribution in [1.29, 1.82) is 0 Å². The van der Waals surface area contributed by atoms with Crippen LogP contribution in [0.15, 0.2) is 41.3 Å². The molecule has 0 atom stereocenters. The molecule has 2 heterocycles. The van der Waals surface area contributed by atoms with Gasteiger partial charge in [0.05, 0.1) is 18.7 Å². The molecule has 2 N–H and O–H groups in total. The van der Waals surface area contributed by atoms with Crippen molar-refractivity contribution in [2.24, 2.45) is 0 Å². The molecule has 1 saturated heterocycles. The second-order valence-electron chi connectivity index (χ2n) is 6.80. The summed E-state index contributed by atoms with van der Waals surface area (Å²) in [6.07, 6.45) is -2.83. The van der Waals surface area contributed by atoms with Gasteiger partial charge >= 0.3 is 6.18 Å². The lowest BCUT2D eigenvalue weighted by Crippen LogP contribution is -2.47. The predicted octanol–water partition coefficient (Wildman–Crippen LogP) is 1.49. The molecule has 3 rings (SSSR count). The highest BCUT2D eigenvalue weighted by molar-refractivity contribution is 5.49. The highest BCUT2D eigenvalue weighted by Gasteiger charge is 2.31. The number of nitrogens with one attached hydrogen (secondary N) is 1. The number of halogens is 3. The highest BCUT2D eigenvalue weighted by Crippen LogP contribution is 2.31. The molecule has 1 aromatic carbocycles. The molecule has 0 saturated carbocycles. The first kappa shape index (κ1) is 21.1. The first-order valence-corrected chi connectivity index (χ1v) is 9.44. The Hall–Kier alpha value is -2.59. The van der Waals surface area contributed by atoms with Crippen LogP contribution in [0.2, 0.25) is 0 Å². The number of aromatic nitrogens is 2. The lowest BCUT2D eigenvalue weighted by molar-refractivity contribution is -0.137. The third-order valence-electron chi connectivity index (χ3n) is 4.88. The van der Waals surface area contributed by atoms with E-state index >= 15 is 0 Å². The Kier molecular flexibility index (Phi) is 6.75. The molecule has 0 radical (unpaired) electrons. The van der Waals surface area contributed by atoms with Crippen LogP contribution in [0.25, 0.3) is 0 Å². The van der Waals surface area contributed by atoms with E-state index in [1.165, 1.54) is 23.0 Å². The molecule has 1 aliphatic rings. The van der Waals surface area contributed by atoms with Gasteiger partial charge in [-0.25, -0.2) is 4.68 Å². The van der Waals surface area contributed by atoms with Gasteiger partial charge < -0.3 is 15.3 Å². The molecule has 0 spiro atoms. The van der Waals surface area contributed by atoms with Crippen LogP contribution < -0.4 is 15.8 Å². The minimum Gasteiger partial charge on any atom is -0.394 e. The summed E-state index contributed by atoms with van der Waals surface area (Å²) in [6, 6.07) is 7.01. The molecule has 1 aliphatic heterocycles. The smallest absolute Gasteiger partial charge is 0.394 e. The molecule has 10 heteroatoms. The van der Waals surface area contributed by atoms with Gasteiger partial charge in [0.1, 0.15) is 5.69 Å². The molecule has 7 nitrogen and oxygen atoms in total. The maximum atomic E-state index is 12.9. The predicted molar refractivity (Wildman–Crippen MR) is 104 cm³/mol. The van der Waals surface area contributed by atoms with Crippen LogP contribution in [-0.4, -0.2) is 65.7 Å². The van der Waals surface area contributed by atoms with Crippen LogP contribution in [0.1, 0.15) is 5.56 Å². The molecular formula is C19H24F3N5O2. The van der Waals surface area contributed by atoms with Crippen molar-refractivity contribution in [3.63, 3.8) is 0 Å². The zero-order chi connectivity index (χ0) is 20.9. The van der Waals surface area contributed by atoms with Crippen molar-refractivity contribution in [2.75, 3.05) is 56.1 Å². The van der Waals surface area contributed by atoms with E-state index in [0.29, 0.717) is 37.6 Å². The van der Waals surface area contributed by atoms with Gasteiger partial charge in [0, 0.05) is 51.2 Å². The van der Waals surface area contributed by atoms with Crippen molar-refractivity contribution in [3.8, 4) is 0 Å². The number of hydrogen-bond acceptors (Lipinski definition) is 6. The molecule has 0 amide bonds. The second-order valence-corrected chi connectivity index (χ2v) is 6.80. The number of nitrogens with zero attached hydrogens (tertiary/aromatic N) is 4. The van der Waals surface area contributed by atoms with E-state index in [0.717, 1.165) is 19.2 Å². The van der Waals surface area contributed by atoms with E-state index in [1.807, 2.05) is 4.90 Å². The summed E-state index contributed by atoms with van der Waals surface area (Å²) in [5, 5.41) is 15.9. The number of aliphatic hydroxyl groups is 1. The first-order valence-electron chi connectivity index (χ1n) is 9.44. The van der Waals surface area contributed by atoms with Gasteiger partial charge in [0.2, 0.25) is 0 Å². The Morgan fingerprint density at radius 3 is 2.55 bits per heavy atom. The van der Waals surface area contributed by atoms with Gasteiger partial charge in [-0.15, -0.1) is 0 Å². The van der Waals surface area contributed by atoms with Gasteiger partial charge in [0.15, 0.2) is 0 Å². The third kappa shape index (κ3) is 5.48. The minimum atomic E-state index is -4.34. The van der Waals surface area contributed by atoms with Crippen LogP contribution in [0.5, 0.6) is 0 Å². The topological polar surface area (TPSA) is 73.6 Å². The van der Waals surface area contributed by atoms with Crippen molar-refractivity contribution < 1.29 is 18.3 Å².